The van der Waals surface area contributed by atoms with Gasteiger partial charge in [0.05, 0.1) is 17.9 Å². The highest BCUT2D eigenvalue weighted by Gasteiger charge is 2.72. The van der Waals surface area contributed by atoms with Crippen LogP contribution < -0.4 is 10.6 Å². The number of nitrogens with zero attached hydrogens (tertiary/aromatic N) is 1. The molecule has 4 aliphatic rings. The van der Waals surface area contributed by atoms with Gasteiger partial charge in [-0.3, -0.25) is 14.4 Å². The Bertz CT molecular complexity index is 1380. The minimum absolute atomic E-state index is 0.0277. The molecule has 1 saturated carbocycles. The average Bonchev–Trinajstić information content (AvgIpc) is 3.55. The van der Waals surface area contributed by atoms with Crippen LogP contribution in [-0.4, -0.2) is 46.4 Å². The van der Waals surface area contributed by atoms with Gasteiger partial charge in [-0.25, -0.2) is 4.39 Å². The van der Waals surface area contributed by atoms with Gasteiger partial charge in [-0.15, -0.1) is 0 Å². The number of carbonyl (C=O) groups excluding carboxylic acids is 3. The van der Waals surface area contributed by atoms with E-state index in [2.05, 4.69) is 24.5 Å². The Morgan fingerprint density at radius 2 is 1.90 bits per heavy atom. The van der Waals surface area contributed by atoms with Gasteiger partial charge in [-0.1, -0.05) is 69.2 Å². The van der Waals surface area contributed by atoms with Crippen molar-refractivity contribution in [1.82, 2.24) is 10.2 Å². The van der Waals surface area contributed by atoms with Crippen LogP contribution in [0.25, 0.3) is 0 Å². The molecular weight excluding hydrogens is 509 g/mol. The second kappa shape index (κ2) is 10.1. The predicted molar refractivity (Wildman–Crippen MR) is 148 cm³/mol. The number of amides is 3. The summed E-state index contributed by atoms with van der Waals surface area (Å²) in [7, 11) is 0. The highest BCUT2D eigenvalue weighted by molar-refractivity contribution is 6.02. The third kappa shape index (κ3) is 4.33. The first-order chi connectivity index (χ1) is 19.2. The van der Waals surface area contributed by atoms with Crippen LogP contribution in [0.2, 0.25) is 0 Å². The third-order valence-electron chi connectivity index (χ3n) is 9.54. The van der Waals surface area contributed by atoms with E-state index in [4.69, 9.17) is 4.74 Å². The van der Waals surface area contributed by atoms with E-state index in [0.717, 1.165) is 24.8 Å². The van der Waals surface area contributed by atoms with E-state index in [1.165, 1.54) is 11.0 Å². The number of hydrogen-bond acceptors (Lipinski definition) is 4. The summed E-state index contributed by atoms with van der Waals surface area (Å²) >= 11 is 0. The summed E-state index contributed by atoms with van der Waals surface area (Å²) in [5, 5.41) is 6.18. The van der Waals surface area contributed by atoms with E-state index in [9.17, 15) is 18.8 Å². The highest BCUT2D eigenvalue weighted by Crippen LogP contribution is 2.55. The van der Waals surface area contributed by atoms with Gasteiger partial charge >= 0.3 is 0 Å². The van der Waals surface area contributed by atoms with Gasteiger partial charge in [0.15, 0.2) is 0 Å². The zero-order valence-electron chi connectivity index (χ0n) is 23.1. The van der Waals surface area contributed by atoms with E-state index in [-0.39, 0.29) is 36.2 Å². The van der Waals surface area contributed by atoms with Gasteiger partial charge in [0.2, 0.25) is 17.7 Å². The lowest BCUT2D eigenvalue weighted by Gasteiger charge is -2.38. The molecule has 6 rings (SSSR count). The average molecular weight is 546 g/mol. The number of likely N-dealkylation sites (tertiary alicyclic amines) is 1. The summed E-state index contributed by atoms with van der Waals surface area (Å²) in [6, 6.07) is 12.7. The number of benzene rings is 2. The fourth-order valence-electron chi connectivity index (χ4n) is 7.24. The van der Waals surface area contributed by atoms with Gasteiger partial charge in [0.25, 0.3) is 0 Å². The first kappa shape index (κ1) is 26.7. The molecule has 8 atom stereocenters. The van der Waals surface area contributed by atoms with Crippen molar-refractivity contribution in [2.45, 2.75) is 70.4 Å². The zero-order valence-corrected chi connectivity index (χ0v) is 23.1. The smallest absolute Gasteiger partial charge is 0.246 e. The van der Waals surface area contributed by atoms with Crippen LogP contribution >= 0.6 is 0 Å². The minimum Gasteiger partial charge on any atom is -0.359 e. The monoisotopic (exact) mass is 545 g/mol. The molecule has 2 aromatic carbocycles. The summed E-state index contributed by atoms with van der Waals surface area (Å²) in [6.45, 7) is 6.19. The lowest BCUT2D eigenvalue weighted by Crippen LogP contribution is -2.57. The van der Waals surface area contributed by atoms with E-state index in [1.807, 2.05) is 25.1 Å². The lowest BCUT2D eigenvalue weighted by molar-refractivity contribution is -0.142. The van der Waals surface area contributed by atoms with Gasteiger partial charge in [0.1, 0.15) is 17.5 Å². The zero-order chi connectivity index (χ0) is 28.2. The molecule has 2 saturated heterocycles. The van der Waals surface area contributed by atoms with Gasteiger partial charge in [0, 0.05) is 23.8 Å². The van der Waals surface area contributed by atoms with Crippen LogP contribution in [-0.2, 0) is 25.7 Å². The molecule has 2 bridgehead atoms. The van der Waals surface area contributed by atoms with Crippen molar-refractivity contribution >= 4 is 23.4 Å². The Morgan fingerprint density at radius 1 is 1.10 bits per heavy atom. The van der Waals surface area contributed by atoms with Crippen LogP contribution in [0.4, 0.5) is 10.1 Å². The largest absolute Gasteiger partial charge is 0.359 e. The van der Waals surface area contributed by atoms with Crippen LogP contribution in [0.3, 0.4) is 0 Å². The fraction of sp³-hybridized carbons (Fsp3) is 0.469. The van der Waals surface area contributed by atoms with E-state index >= 15 is 0 Å². The normalized spacial score (nSPS) is 34.1. The maximum atomic E-state index is 14.8. The Hall–Kier alpha value is -3.52. The van der Waals surface area contributed by atoms with Crippen molar-refractivity contribution in [1.29, 1.82) is 0 Å². The van der Waals surface area contributed by atoms with Crippen molar-refractivity contribution in [2.24, 2.45) is 23.7 Å². The van der Waals surface area contributed by atoms with Crippen molar-refractivity contribution in [3.63, 3.8) is 0 Å². The Kier molecular flexibility index (Phi) is 6.77. The van der Waals surface area contributed by atoms with Crippen molar-refractivity contribution in [3.05, 3.63) is 77.6 Å². The standard InChI is InChI=1S/C32H36FN3O4/c1-18-8-6-11-22(16-18)34-29(37)26-25-14-15-32(40-25)27(26)31(39)36(17-21-10-4-5-12-23(21)33)28(32)30(38)35-24-13-7-9-19(2)20(24)3/h4-6,8,10-12,14-16,19-20,24-28H,7,9,13,17H2,1-3H3,(H,34,37)(H,35,38). The first-order valence-corrected chi connectivity index (χ1v) is 14.3. The van der Waals surface area contributed by atoms with Gasteiger partial charge in [-0.05, 0) is 48.9 Å². The van der Waals surface area contributed by atoms with Gasteiger partial charge < -0.3 is 20.3 Å². The van der Waals surface area contributed by atoms with E-state index < -0.39 is 35.4 Å². The van der Waals surface area contributed by atoms with Crippen LogP contribution in [0.1, 0.15) is 44.2 Å². The summed E-state index contributed by atoms with van der Waals surface area (Å²) < 4.78 is 21.2. The number of halogens is 1. The molecule has 40 heavy (non-hydrogen) atoms. The molecule has 1 spiro atoms. The number of anilines is 1. The molecule has 3 fully saturated rings. The van der Waals surface area contributed by atoms with E-state index in [1.54, 1.807) is 36.4 Å². The van der Waals surface area contributed by atoms with Crippen LogP contribution in [0.5, 0.6) is 0 Å². The number of nitrogens with one attached hydrogen (secondary N) is 2. The number of ether oxygens (including phenoxy) is 1. The maximum absolute atomic E-state index is 14.8. The number of aryl methyl sites for hydroxylation is 1. The molecule has 8 unspecified atom stereocenters. The molecule has 7 nitrogen and oxygen atoms in total. The molecule has 3 amide bonds. The second-order valence-electron chi connectivity index (χ2n) is 12.0. The van der Waals surface area contributed by atoms with Crippen molar-refractivity contribution in [2.75, 3.05) is 5.32 Å². The molecule has 210 valence electrons. The molecular formula is C32H36FN3O4. The van der Waals surface area contributed by atoms with Crippen molar-refractivity contribution < 1.29 is 23.5 Å². The number of rotatable bonds is 6. The lowest BCUT2D eigenvalue weighted by atomic mass is 9.73. The molecule has 2 aromatic rings. The second-order valence-corrected chi connectivity index (χ2v) is 12.0. The predicted octanol–water partition coefficient (Wildman–Crippen LogP) is 4.36. The number of hydrogen-bond donors (Lipinski definition) is 2. The van der Waals surface area contributed by atoms with Crippen LogP contribution in [0, 0.1) is 36.4 Å². The number of carbonyl (C=O) groups is 3. The highest BCUT2D eigenvalue weighted by atomic mass is 19.1. The first-order valence-electron chi connectivity index (χ1n) is 14.3. The van der Waals surface area contributed by atoms with Crippen LogP contribution in [0.15, 0.2) is 60.7 Å². The fourth-order valence-corrected chi connectivity index (χ4v) is 7.24. The Balaban J connectivity index is 1.34. The summed E-state index contributed by atoms with van der Waals surface area (Å²) in [4.78, 5) is 43.3. The maximum Gasteiger partial charge on any atom is 0.246 e. The molecule has 3 aliphatic heterocycles. The van der Waals surface area contributed by atoms with Gasteiger partial charge in [-0.2, -0.15) is 0 Å². The molecule has 0 aromatic heterocycles. The molecule has 0 radical (unpaired) electrons. The topological polar surface area (TPSA) is 87.7 Å². The SMILES string of the molecule is Cc1cccc(NC(=O)C2C3C=CC4(O3)C2C(=O)N(Cc2ccccc2F)C4C(=O)NC2CCCC(C)C2C)c1. The van der Waals surface area contributed by atoms with Crippen molar-refractivity contribution in [3.8, 4) is 0 Å². The molecule has 2 N–H and O–H groups in total. The summed E-state index contributed by atoms with van der Waals surface area (Å²) in [5.41, 5.74) is 0.641. The molecule has 1 aliphatic carbocycles. The quantitative estimate of drug-likeness (QED) is 0.528. The summed E-state index contributed by atoms with van der Waals surface area (Å²) in [5.74, 6) is -2.42. The summed E-state index contributed by atoms with van der Waals surface area (Å²) in [6.07, 6.45) is 5.96. The third-order valence-corrected chi connectivity index (χ3v) is 9.54. The Morgan fingerprint density at radius 3 is 2.67 bits per heavy atom. The van der Waals surface area contributed by atoms with E-state index in [0.29, 0.717) is 17.2 Å². The Labute approximate surface area is 234 Å². The molecule has 3 heterocycles. The minimum atomic E-state index is -1.30. The number of fused-ring (bicyclic) bond motifs is 1. The molecule has 8 heteroatoms.